The van der Waals surface area contributed by atoms with Crippen molar-refractivity contribution >= 4 is 16.9 Å². The van der Waals surface area contributed by atoms with Crippen molar-refractivity contribution in [3.63, 3.8) is 0 Å². The van der Waals surface area contributed by atoms with E-state index in [0.717, 1.165) is 29.9 Å². The van der Waals surface area contributed by atoms with Crippen LogP contribution in [0.25, 0.3) is 11.0 Å². The topological polar surface area (TPSA) is 41.1 Å². The molecule has 2 atom stereocenters. The molecule has 0 saturated carbocycles. The highest BCUT2D eigenvalue weighted by Crippen LogP contribution is 2.24. The third kappa shape index (κ3) is 2.06. The van der Waals surface area contributed by atoms with Crippen LogP contribution in [0.1, 0.15) is 19.3 Å². The third-order valence-electron chi connectivity index (χ3n) is 4.28. The molecule has 1 aromatic heterocycles. The number of rotatable bonds is 1. The Kier molecular flexibility index (Phi) is 2.62. The first-order valence-electron chi connectivity index (χ1n) is 7.11. The van der Waals surface area contributed by atoms with Crippen LogP contribution in [-0.4, -0.2) is 35.1 Å². The quantitative estimate of drug-likeness (QED) is 0.844. The second-order valence-electron chi connectivity index (χ2n) is 5.59. The number of para-hydroxylation sites is 2. The molecule has 0 unspecified atom stereocenters. The largest absolute Gasteiger partial charge is 0.354 e. The number of nitrogens with one attached hydrogen (secondary N) is 1. The van der Waals surface area contributed by atoms with Gasteiger partial charge in [0.2, 0.25) is 0 Å². The number of fused-ring (bicyclic) bond motifs is 3. The highest BCUT2D eigenvalue weighted by atomic mass is 15.2. The number of benzene rings is 1. The Morgan fingerprint density at radius 3 is 2.84 bits per heavy atom. The first-order valence-corrected chi connectivity index (χ1v) is 7.11. The van der Waals surface area contributed by atoms with Crippen molar-refractivity contribution < 1.29 is 0 Å². The Bertz CT molecular complexity index is 597. The van der Waals surface area contributed by atoms with Crippen LogP contribution in [-0.2, 0) is 0 Å². The Labute approximate surface area is 112 Å². The molecule has 1 aromatic carbocycles. The molecule has 0 amide bonds. The Morgan fingerprint density at radius 2 is 1.89 bits per heavy atom. The van der Waals surface area contributed by atoms with E-state index in [0.29, 0.717) is 12.1 Å². The second kappa shape index (κ2) is 4.46. The molecular formula is C15H18N4. The molecule has 19 heavy (non-hydrogen) atoms. The predicted octanol–water partition coefficient (Wildman–Crippen LogP) is 1.96. The van der Waals surface area contributed by atoms with Crippen molar-refractivity contribution in [2.75, 3.05) is 18.0 Å². The number of hydrogen-bond donors (Lipinski definition) is 1. The van der Waals surface area contributed by atoms with Gasteiger partial charge in [-0.1, -0.05) is 12.1 Å². The molecule has 2 fully saturated rings. The summed E-state index contributed by atoms with van der Waals surface area (Å²) in [6.07, 6.45) is 5.76. The molecule has 4 heteroatoms. The summed E-state index contributed by atoms with van der Waals surface area (Å²) in [5, 5.41) is 3.70. The van der Waals surface area contributed by atoms with E-state index in [4.69, 9.17) is 4.98 Å². The molecule has 2 saturated heterocycles. The van der Waals surface area contributed by atoms with Crippen molar-refractivity contribution in [3.05, 3.63) is 30.5 Å². The van der Waals surface area contributed by atoms with Crippen LogP contribution in [0.4, 0.5) is 5.82 Å². The van der Waals surface area contributed by atoms with Gasteiger partial charge in [0, 0.05) is 25.2 Å². The van der Waals surface area contributed by atoms with Crippen LogP contribution in [0.2, 0.25) is 0 Å². The highest BCUT2D eigenvalue weighted by Gasteiger charge is 2.29. The van der Waals surface area contributed by atoms with Gasteiger partial charge in [-0.05, 0) is 31.4 Å². The highest BCUT2D eigenvalue weighted by molar-refractivity contribution is 5.75. The van der Waals surface area contributed by atoms with Crippen LogP contribution in [0.5, 0.6) is 0 Å². The van der Waals surface area contributed by atoms with Crippen LogP contribution in [0, 0.1) is 0 Å². The van der Waals surface area contributed by atoms with E-state index >= 15 is 0 Å². The summed E-state index contributed by atoms with van der Waals surface area (Å²) in [6, 6.07) is 9.41. The molecule has 2 aromatic rings. The fraction of sp³-hybridized carbons (Fsp3) is 0.467. The first kappa shape index (κ1) is 11.2. The summed E-state index contributed by atoms with van der Waals surface area (Å²) in [7, 11) is 0. The van der Waals surface area contributed by atoms with E-state index in [1.165, 1.54) is 19.3 Å². The zero-order valence-corrected chi connectivity index (χ0v) is 10.9. The van der Waals surface area contributed by atoms with E-state index in [1.54, 1.807) is 0 Å². The van der Waals surface area contributed by atoms with Crippen LogP contribution in [0.3, 0.4) is 0 Å². The molecule has 98 valence electrons. The summed E-state index contributed by atoms with van der Waals surface area (Å²) >= 11 is 0. The van der Waals surface area contributed by atoms with Crippen molar-refractivity contribution in [2.45, 2.75) is 31.3 Å². The van der Waals surface area contributed by atoms with Crippen molar-refractivity contribution in [2.24, 2.45) is 0 Å². The molecule has 0 radical (unpaired) electrons. The number of nitrogens with zero attached hydrogens (tertiary/aromatic N) is 3. The minimum Gasteiger partial charge on any atom is -0.354 e. The smallest absolute Gasteiger partial charge is 0.147 e. The molecule has 4 rings (SSSR count). The maximum atomic E-state index is 4.76. The molecular weight excluding hydrogens is 236 g/mol. The van der Waals surface area contributed by atoms with E-state index in [1.807, 2.05) is 30.5 Å². The fourth-order valence-corrected chi connectivity index (χ4v) is 3.25. The molecule has 0 spiro atoms. The lowest BCUT2D eigenvalue weighted by molar-refractivity contribution is 0.563. The van der Waals surface area contributed by atoms with E-state index in [-0.39, 0.29) is 0 Å². The molecule has 4 nitrogen and oxygen atoms in total. The van der Waals surface area contributed by atoms with E-state index in [2.05, 4.69) is 15.2 Å². The van der Waals surface area contributed by atoms with Gasteiger partial charge in [-0.3, -0.25) is 4.98 Å². The molecule has 2 aliphatic heterocycles. The van der Waals surface area contributed by atoms with Gasteiger partial charge in [0.1, 0.15) is 5.82 Å². The zero-order valence-electron chi connectivity index (χ0n) is 10.9. The van der Waals surface area contributed by atoms with Crippen LogP contribution >= 0.6 is 0 Å². The molecule has 1 N–H and O–H groups in total. The van der Waals surface area contributed by atoms with Crippen LogP contribution < -0.4 is 10.2 Å². The Balaban J connectivity index is 1.66. The van der Waals surface area contributed by atoms with Gasteiger partial charge < -0.3 is 10.2 Å². The Morgan fingerprint density at radius 1 is 1.05 bits per heavy atom. The van der Waals surface area contributed by atoms with Crippen molar-refractivity contribution in [1.82, 2.24) is 15.3 Å². The summed E-state index contributed by atoms with van der Waals surface area (Å²) in [5.41, 5.74) is 1.96. The summed E-state index contributed by atoms with van der Waals surface area (Å²) in [6.45, 7) is 2.14. The molecule has 3 heterocycles. The lowest BCUT2D eigenvalue weighted by Gasteiger charge is -2.25. The average Bonchev–Trinajstić information content (AvgIpc) is 2.78. The van der Waals surface area contributed by atoms with Gasteiger partial charge in [0.25, 0.3) is 0 Å². The maximum absolute atomic E-state index is 4.76. The molecule has 2 aliphatic rings. The molecule has 2 bridgehead atoms. The third-order valence-corrected chi connectivity index (χ3v) is 4.28. The van der Waals surface area contributed by atoms with Gasteiger partial charge >= 0.3 is 0 Å². The monoisotopic (exact) mass is 254 g/mol. The predicted molar refractivity (Wildman–Crippen MR) is 76.3 cm³/mol. The lowest BCUT2D eigenvalue weighted by atomic mass is 10.1. The standard InChI is InChI=1S/C15H18N4/c1-2-4-14-13(3-1)16-9-15(18-14)19-8-7-11-5-6-12(10-19)17-11/h1-4,9,11-12,17H,5-8,10H2/t11-,12+/m1/s1. The number of hydrogen-bond acceptors (Lipinski definition) is 4. The van der Waals surface area contributed by atoms with Crippen molar-refractivity contribution in [1.29, 1.82) is 0 Å². The first-order chi connectivity index (χ1) is 9.38. The average molecular weight is 254 g/mol. The van der Waals surface area contributed by atoms with E-state index in [9.17, 15) is 0 Å². The minimum atomic E-state index is 0.626. The van der Waals surface area contributed by atoms with Gasteiger partial charge in [0.05, 0.1) is 17.2 Å². The van der Waals surface area contributed by atoms with Gasteiger partial charge in [-0.2, -0.15) is 0 Å². The van der Waals surface area contributed by atoms with Crippen molar-refractivity contribution in [3.8, 4) is 0 Å². The summed E-state index contributed by atoms with van der Waals surface area (Å²) in [5.74, 6) is 1.02. The summed E-state index contributed by atoms with van der Waals surface area (Å²) in [4.78, 5) is 11.7. The lowest BCUT2D eigenvalue weighted by Crippen LogP contribution is -2.35. The van der Waals surface area contributed by atoms with E-state index < -0.39 is 0 Å². The SMILES string of the molecule is c1ccc2nc(N3CC[C@H]4CC[C@@H](C3)N4)cnc2c1. The molecule has 0 aliphatic carbocycles. The zero-order chi connectivity index (χ0) is 12.7. The van der Waals surface area contributed by atoms with Gasteiger partial charge in [-0.25, -0.2) is 4.98 Å². The normalized spacial score (nSPS) is 26.6. The Hall–Kier alpha value is -1.68. The van der Waals surface area contributed by atoms with Gasteiger partial charge in [-0.15, -0.1) is 0 Å². The number of aromatic nitrogens is 2. The van der Waals surface area contributed by atoms with Gasteiger partial charge in [0.15, 0.2) is 0 Å². The summed E-state index contributed by atoms with van der Waals surface area (Å²) < 4.78 is 0. The maximum Gasteiger partial charge on any atom is 0.147 e. The second-order valence-corrected chi connectivity index (χ2v) is 5.59. The fourth-order valence-electron chi connectivity index (χ4n) is 3.25. The minimum absolute atomic E-state index is 0.626. The number of anilines is 1. The van der Waals surface area contributed by atoms with Crippen LogP contribution in [0.15, 0.2) is 30.5 Å².